The van der Waals surface area contributed by atoms with Gasteiger partial charge in [-0.15, -0.1) is 0 Å². The minimum Gasteiger partial charge on any atom is -0.507 e. The highest BCUT2D eigenvalue weighted by molar-refractivity contribution is 5.94. The molecule has 0 unspecified atom stereocenters. The maximum atomic E-state index is 10.5. The van der Waals surface area contributed by atoms with Gasteiger partial charge in [0, 0.05) is 17.3 Å². The first-order valence-corrected chi connectivity index (χ1v) is 16.0. The van der Waals surface area contributed by atoms with E-state index >= 15 is 0 Å². The van der Waals surface area contributed by atoms with Crippen molar-refractivity contribution in [3.05, 3.63) is 114 Å². The van der Waals surface area contributed by atoms with Crippen molar-refractivity contribution in [1.29, 1.82) is 0 Å². The second-order valence-electron chi connectivity index (χ2n) is 15.5. The molecule has 0 atom stereocenters. The summed E-state index contributed by atoms with van der Waals surface area (Å²) in [4.78, 5) is 9.78. The van der Waals surface area contributed by atoms with Gasteiger partial charge in [0.15, 0.2) is 5.58 Å². The topological polar surface area (TPSA) is 59.2 Å². The van der Waals surface area contributed by atoms with Crippen LogP contribution in [-0.4, -0.2) is 15.1 Å². The molecule has 2 aromatic heterocycles. The van der Waals surface area contributed by atoms with E-state index in [9.17, 15) is 5.11 Å². The molecule has 0 amide bonds. The first kappa shape index (κ1) is 31.3. The van der Waals surface area contributed by atoms with Gasteiger partial charge >= 0.3 is 0 Å². The second kappa shape index (κ2) is 11.3. The summed E-state index contributed by atoms with van der Waals surface area (Å²) in [5.74, 6) is 0.530. The summed E-state index contributed by atoms with van der Waals surface area (Å²) in [5, 5.41) is 10.5. The van der Waals surface area contributed by atoms with E-state index in [1.54, 1.807) is 12.1 Å². The van der Waals surface area contributed by atoms with Crippen LogP contribution in [0.5, 0.6) is 5.75 Å². The zero-order valence-corrected chi connectivity index (χ0v) is 28.5. The summed E-state index contributed by atoms with van der Waals surface area (Å²) in [6.07, 6.45) is 1.91. The van der Waals surface area contributed by atoms with Crippen LogP contribution in [0.1, 0.15) is 79.0 Å². The van der Waals surface area contributed by atoms with E-state index in [1.165, 1.54) is 22.3 Å². The average Bonchev–Trinajstić information content (AvgIpc) is 3.44. The zero-order chi connectivity index (χ0) is 33.0. The number of hydrogen-bond acceptors (Lipinski definition) is 4. The van der Waals surface area contributed by atoms with E-state index in [1.807, 2.05) is 30.5 Å². The van der Waals surface area contributed by atoms with Crippen molar-refractivity contribution in [1.82, 2.24) is 9.97 Å². The predicted molar refractivity (Wildman–Crippen MR) is 191 cm³/mol. The Morgan fingerprint density at radius 2 is 1.13 bits per heavy atom. The van der Waals surface area contributed by atoms with Gasteiger partial charge in [0.1, 0.15) is 11.3 Å². The van der Waals surface area contributed by atoms with Gasteiger partial charge in [-0.05, 0) is 98.2 Å². The molecule has 0 saturated heterocycles. The third kappa shape index (κ3) is 6.22. The van der Waals surface area contributed by atoms with Gasteiger partial charge in [-0.25, -0.2) is 4.98 Å². The monoisotopic (exact) mass is 608 g/mol. The highest BCUT2D eigenvalue weighted by atomic mass is 16.3. The molecular formula is C42H44N2O2. The lowest BCUT2D eigenvalue weighted by atomic mass is 9.78. The van der Waals surface area contributed by atoms with E-state index in [4.69, 9.17) is 14.4 Å². The molecule has 0 aliphatic heterocycles. The minimum atomic E-state index is -0.00918. The third-order valence-corrected chi connectivity index (χ3v) is 8.72. The van der Waals surface area contributed by atoms with Gasteiger partial charge in [-0.3, -0.25) is 4.98 Å². The van der Waals surface area contributed by atoms with Crippen LogP contribution in [-0.2, 0) is 16.2 Å². The fourth-order valence-electron chi connectivity index (χ4n) is 5.76. The van der Waals surface area contributed by atoms with E-state index in [-0.39, 0.29) is 22.0 Å². The Kier molecular flexibility index (Phi) is 7.67. The van der Waals surface area contributed by atoms with Crippen LogP contribution in [0, 0.1) is 0 Å². The maximum Gasteiger partial charge on any atom is 0.231 e. The molecule has 6 aromatic rings. The number of oxazole rings is 1. The Hall–Kier alpha value is -4.70. The number of rotatable bonds is 4. The smallest absolute Gasteiger partial charge is 0.231 e. The Morgan fingerprint density at radius 3 is 1.78 bits per heavy atom. The first-order valence-electron chi connectivity index (χ1n) is 16.0. The molecule has 0 aliphatic carbocycles. The number of pyridine rings is 1. The number of hydrogen-bond donors (Lipinski definition) is 1. The summed E-state index contributed by atoms with van der Waals surface area (Å²) in [5.41, 5.74) is 12.1. The van der Waals surface area contributed by atoms with Crippen LogP contribution in [0.15, 0.2) is 102 Å². The normalized spacial score (nSPS) is 12.5. The summed E-state index contributed by atoms with van der Waals surface area (Å²) < 4.78 is 6.20. The van der Waals surface area contributed by atoms with E-state index < -0.39 is 0 Å². The SMILES string of the molecule is CC(C)(C)c1cc(-c2cc(-c3cc(C(C)(C)C)ccn3)cc(-c3cccc4oc(-c5ccccc5O)nc34)c2)cc(C(C)(C)C)c1. The highest BCUT2D eigenvalue weighted by Gasteiger charge is 2.23. The van der Waals surface area contributed by atoms with Gasteiger partial charge < -0.3 is 9.52 Å². The Morgan fingerprint density at radius 1 is 0.543 bits per heavy atom. The number of phenolic OH excluding ortho intramolecular Hbond substituents is 1. The molecule has 4 aromatic carbocycles. The lowest BCUT2D eigenvalue weighted by Gasteiger charge is -2.26. The maximum absolute atomic E-state index is 10.5. The highest BCUT2D eigenvalue weighted by Crippen LogP contribution is 2.40. The molecule has 0 fully saturated rings. The quantitative estimate of drug-likeness (QED) is 0.216. The number of aromatic hydroxyl groups is 1. The minimum absolute atomic E-state index is 0.00745. The van der Waals surface area contributed by atoms with Crippen molar-refractivity contribution in [3.63, 3.8) is 0 Å². The van der Waals surface area contributed by atoms with Crippen molar-refractivity contribution in [2.24, 2.45) is 0 Å². The van der Waals surface area contributed by atoms with Gasteiger partial charge in [-0.1, -0.05) is 105 Å². The molecule has 234 valence electrons. The van der Waals surface area contributed by atoms with Gasteiger partial charge in [0.05, 0.1) is 11.3 Å². The van der Waals surface area contributed by atoms with Crippen molar-refractivity contribution < 1.29 is 9.52 Å². The van der Waals surface area contributed by atoms with Gasteiger partial charge in [0.2, 0.25) is 5.89 Å². The molecule has 0 saturated carbocycles. The second-order valence-corrected chi connectivity index (χ2v) is 15.5. The van der Waals surface area contributed by atoms with Crippen molar-refractivity contribution >= 4 is 11.1 Å². The Bertz CT molecular complexity index is 2030. The Labute approximate surface area is 273 Å². The van der Waals surface area contributed by atoms with E-state index in [0.717, 1.165) is 33.5 Å². The summed E-state index contributed by atoms with van der Waals surface area (Å²) >= 11 is 0. The van der Waals surface area contributed by atoms with Gasteiger partial charge in [0.25, 0.3) is 0 Å². The molecular weight excluding hydrogens is 564 g/mol. The summed E-state index contributed by atoms with van der Waals surface area (Å²) in [7, 11) is 0. The molecule has 46 heavy (non-hydrogen) atoms. The number of aromatic nitrogens is 2. The van der Waals surface area contributed by atoms with Crippen LogP contribution in [0.2, 0.25) is 0 Å². The van der Waals surface area contributed by atoms with E-state index in [0.29, 0.717) is 17.0 Å². The van der Waals surface area contributed by atoms with Crippen LogP contribution in [0.3, 0.4) is 0 Å². The summed E-state index contributed by atoms with van der Waals surface area (Å²) in [6.45, 7) is 20.3. The standard InChI is InChI=1S/C42H44N2O2/c1-40(2,3)30-17-18-43-35(25-30)29-20-26(27-22-31(41(4,5)6)24-32(23-27)42(7,8)9)19-28(21-29)33-14-12-16-37-38(33)44-39(46-37)34-13-10-11-15-36(34)45/h10-25,45H,1-9H3. The van der Waals surface area contributed by atoms with Crippen LogP contribution < -0.4 is 0 Å². The molecule has 6 rings (SSSR count). The molecule has 2 heterocycles. The molecule has 0 radical (unpaired) electrons. The molecule has 0 spiro atoms. The number of fused-ring (bicyclic) bond motifs is 1. The number of phenols is 1. The lowest BCUT2D eigenvalue weighted by Crippen LogP contribution is -2.16. The van der Waals surface area contributed by atoms with Crippen molar-refractivity contribution in [3.8, 4) is 50.7 Å². The zero-order valence-electron chi connectivity index (χ0n) is 28.5. The van der Waals surface area contributed by atoms with E-state index in [2.05, 4.69) is 117 Å². The third-order valence-electron chi connectivity index (χ3n) is 8.72. The molecule has 4 nitrogen and oxygen atoms in total. The van der Waals surface area contributed by atoms with Crippen molar-refractivity contribution in [2.75, 3.05) is 0 Å². The first-order chi connectivity index (χ1) is 21.6. The Balaban J connectivity index is 1.62. The fourth-order valence-corrected chi connectivity index (χ4v) is 5.76. The van der Waals surface area contributed by atoms with Crippen LogP contribution in [0.4, 0.5) is 0 Å². The van der Waals surface area contributed by atoms with Gasteiger partial charge in [-0.2, -0.15) is 0 Å². The van der Waals surface area contributed by atoms with Crippen LogP contribution in [0.25, 0.3) is 56.1 Å². The average molecular weight is 609 g/mol. The molecule has 0 bridgehead atoms. The molecule has 4 heteroatoms. The molecule has 0 aliphatic rings. The lowest BCUT2D eigenvalue weighted by molar-refractivity contribution is 0.474. The summed E-state index contributed by atoms with van der Waals surface area (Å²) in [6, 6.07) is 31.2. The number of benzene rings is 4. The molecule has 1 N–H and O–H groups in total. The predicted octanol–water partition coefficient (Wildman–Crippen LogP) is 11.5. The van der Waals surface area contributed by atoms with Crippen LogP contribution >= 0.6 is 0 Å². The number of para-hydroxylation sites is 2. The van der Waals surface area contributed by atoms with Crippen molar-refractivity contribution in [2.45, 2.75) is 78.6 Å². The fraction of sp³-hybridized carbons (Fsp3) is 0.286. The number of nitrogens with zero attached hydrogens (tertiary/aromatic N) is 2. The largest absolute Gasteiger partial charge is 0.507 e.